The summed E-state index contributed by atoms with van der Waals surface area (Å²) in [5, 5.41) is 9.57. The molecule has 0 aliphatic heterocycles. The Bertz CT molecular complexity index is 986. The lowest BCUT2D eigenvalue weighted by atomic mass is 9.96. The van der Waals surface area contributed by atoms with Gasteiger partial charge in [0, 0.05) is 5.57 Å². The van der Waals surface area contributed by atoms with Crippen LogP contribution in [-0.4, -0.2) is 36.4 Å². The Morgan fingerprint density at radius 3 is 1.91 bits per heavy atom. The Balaban J connectivity index is 2.12. The van der Waals surface area contributed by atoms with Crippen LogP contribution in [0.5, 0.6) is 0 Å². The molecule has 5 nitrogen and oxygen atoms in total. The molecule has 0 saturated heterocycles. The topological polar surface area (TPSA) is 72.8 Å². The highest BCUT2D eigenvalue weighted by molar-refractivity contribution is 5.89. The summed E-state index contributed by atoms with van der Waals surface area (Å²) in [6.45, 7) is 12.8. The molecule has 2 unspecified atom stereocenters. The number of aliphatic hydroxyl groups is 1. The number of carbonyl (C=O) groups excluding carboxylic acids is 2. The first-order valence-corrected chi connectivity index (χ1v) is 12.3. The van der Waals surface area contributed by atoms with Crippen molar-refractivity contribution in [1.82, 2.24) is 0 Å². The summed E-state index contributed by atoms with van der Waals surface area (Å²) in [6.07, 6.45) is 4.26. The molecule has 2 aromatic rings. The van der Waals surface area contributed by atoms with Crippen LogP contribution in [0.25, 0.3) is 11.1 Å². The number of hydrogen-bond donors (Lipinski definition) is 1. The normalized spacial score (nSPS) is 12.5. The van der Waals surface area contributed by atoms with E-state index in [1.807, 2.05) is 31.2 Å². The van der Waals surface area contributed by atoms with Gasteiger partial charge in [-0.1, -0.05) is 88.4 Å². The molecule has 0 amide bonds. The Morgan fingerprint density at radius 2 is 1.40 bits per heavy atom. The van der Waals surface area contributed by atoms with E-state index >= 15 is 0 Å². The number of esters is 2. The summed E-state index contributed by atoms with van der Waals surface area (Å²) in [5.41, 5.74) is 4.77. The minimum absolute atomic E-state index is 0.0116. The summed E-state index contributed by atoms with van der Waals surface area (Å²) < 4.78 is 10.8. The quantitative estimate of drug-likeness (QED) is 0.200. The summed E-state index contributed by atoms with van der Waals surface area (Å²) >= 11 is 0. The molecule has 0 spiro atoms. The van der Waals surface area contributed by atoms with Crippen LogP contribution >= 0.6 is 0 Å². The maximum Gasteiger partial charge on any atom is 0.336 e. The van der Waals surface area contributed by atoms with Crippen molar-refractivity contribution >= 4 is 11.9 Å². The molecule has 188 valence electrons. The van der Waals surface area contributed by atoms with E-state index in [-0.39, 0.29) is 24.7 Å². The van der Waals surface area contributed by atoms with Gasteiger partial charge in [-0.2, -0.15) is 0 Å². The smallest absolute Gasteiger partial charge is 0.336 e. The average Bonchev–Trinajstić information content (AvgIpc) is 2.88. The molecule has 2 rings (SSSR count). The maximum absolute atomic E-state index is 12.2. The van der Waals surface area contributed by atoms with Crippen molar-refractivity contribution < 1.29 is 24.2 Å². The van der Waals surface area contributed by atoms with Crippen LogP contribution in [0.3, 0.4) is 0 Å². The monoisotopic (exact) mass is 478 g/mol. The third kappa shape index (κ3) is 8.84. The van der Waals surface area contributed by atoms with Crippen LogP contribution in [0, 0.1) is 0 Å². The van der Waals surface area contributed by atoms with Crippen LogP contribution in [0.15, 0.2) is 72.8 Å². The summed E-state index contributed by atoms with van der Waals surface area (Å²) in [7, 11) is 0. The fourth-order valence-electron chi connectivity index (χ4n) is 3.49. The molecule has 0 aliphatic rings. The second-order valence-electron chi connectivity index (χ2n) is 8.83. The second kappa shape index (κ2) is 14.3. The summed E-state index contributed by atoms with van der Waals surface area (Å²) in [4.78, 5) is 24.3. The standard InChI is InChI=1S/C30H38O5/c1-6-8-9-10-24-11-13-25(14-12-24)26-15-17-27(18-16-26)28(19-34-29(32)21(3)7-2)20-35-30(33)22(4)23(5)31/h11-18,23,28,31H,3-4,6-10,19-20H2,1-2,5H3. The Labute approximate surface area is 209 Å². The van der Waals surface area contributed by atoms with Crippen LogP contribution in [0.1, 0.15) is 63.5 Å². The molecular formula is C30H38O5. The number of benzene rings is 2. The molecule has 0 saturated carbocycles. The zero-order valence-corrected chi connectivity index (χ0v) is 21.2. The highest BCUT2D eigenvalue weighted by atomic mass is 16.5. The molecule has 0 radical (unpaired) electrons. The molecule has 5 heteroatoms. The van der Waals surface area contributed by atoms with Crippen molar-refractivity contribution in [2.75, 3.05) is 13.2 Å². The fraction of sp³-hybridized carbons (Fsp3) is 0.400. The van der Waals surface area contributed by atoms with E-state index in [9.17, 15) is 14.7 Å². The molecule has 2 aromatic carbocycles. The van der Waals surface area contributed by atoms with Gasteiger partial charge in [-0.05, 0) is 48.4 Å². The third-order valence-corrected chi connectivity index (χ3v) is 6.05. The molecule has 0 aliphatic carbocycles. The van der Waals surface area contributed by atoms with Gasteiger partial charge in [-0.15, -0.1) is 0 Å². The zero-order chi connectivity index (χ0) is 25.8. The van der Waals surface area contributed by atoms with Crippen LogP contribution in [-0.2, 0) is 25.5 Å². The SMILES string of the molecule is C=C(CC)C(=O)OCC(COC(=O)C(=C)C(C)O)c1ccc(-c2ccc(CCCCC)cc2)cc1. The third-order valence-electron chi connectivity index (χ3n) is 6.05. The number of aryl methyl sites for hydroxylation is 1. The highest BCUT2D eigenvalue weighted by Gasteiger charge is 2.20. The van der Waals surface area contributed by atoms with Gasteiger partial charge in [0.2, 0.25) is 0 Å². The summed E-state index contributed by atoms with van der Waals surface area (Å²) in [6, 6.07) is 16.6. The lowest BCUT2D eigenvalue weighted by molar-refractivity contribution is -0.143. The minimum atomic E-state index is -0.996. The predicted molar refractivity (Wildman–Crippen MR) is 140 cm³/mol. The Hall–Kier alpha value is -3.18. The van der Waals surface area contributed by atoms with E-state index < -0.39 is 18.0 Å². The first kappa shape index (κ1) is 28.1. The maximum atomic E-state index is 12.2. The van der Waals surface area contributed by atoms with E-state index in [4.69, 9.17) is 9.47 Å². The first-order chi connectivity index (χ1) is 16.8. The van der Waals surface area contributed by atoms with Crippen molar-refractivity contribution in [3.8, 4) is 11.1 Å². The molecule has 0 aromatic heterocycles. The lowest BCUT2D eigenvalue weighted by Gasteiger charge is -2.19. The number of unbranched alkanes of at least 4 members (excludes halogenated alkanes) is 2. The van der Waals surface area contributed by atoms with Gasteiger partial charge in [0.1, 0.15) is 13.2 Å². The van der Waals surface area contributed by atoms with Crippen molar-refractivity contribution in [1.29, 1.82) is 0 Å². The van der Waals surface area contributed by atoms with Crippen molar-refractivity contribution in [3.63, 3.8) is 0 Å². The Morgan fingerprint density at radius 1 is 0.857 bits per heavy atom. The fourth-order valence-corrected chi connectivity index (χ4v) is 3.49. The number of carbonyl (C=O) groups is 2. The molecular weight excluding hydrogens is 440 g/mol. The Kier molecular flexibility index (Phi) is 11.4. The van der Waals surface area contributed by atoms with Crippen LogP contribution in [0.2, 0.25) is 0 Å². The first-order valence-electron chi connectivity index (χ1n) is 12.3. The summed E-state index contributed by atoms with van der Waals surface area (Å²) in [5.74, 6) is -1.51. The van der Waals surface area contributed by atoms with Gasteiger partial charge in [0.15, 0.2) is 0 Å². The van der Waals surface area contributed by atoms with Crippen molar-refractivity contribution in [3.05, 3.63) is 84.0 Å². The largest absolute Gasteiger partial charge is 0.462 e. The number of aliphatic hydroxyl groups excluding tert-OH is 1. The second-order valence-corrected chi connectivity index (χ2v) is 8.83. The van der Waals surface area contributed by atoms with E-state index in [2.05, 4.69) is 44.3 Å². The van der Waals surface area contributed by atoms with Crippen molar-refractivity contribution in [2.24, 2.45) is 0 Å². The van der Waals surface area contributed by atoms with Gasteiger partial charge < -0.3 is 14.6 Å². The zero-order valence-electron chi connectivity index (χ0n) is 21.2. The average molecular weight is 479 g/mol. The molecule has 0 heterocycles. The number of hydrogen-bond acceptors (Lipinski definition) is 5. The van der Waals surface area contributed by atoms with Gasteiger partial charge in [0.25, 0.3) is 0 Å². The predicted octanol–water partition coefficient (Wildman–Crippen LogP) is 6.16. The minimum Gasteiger partial charge on any atom is -0.462 e. The van der Waals surface area contributed by atoms with E-state index in [0.29, 0.717) is 12.0 Å². The van der Waals surface area contributed by atoms with Gasteiger partial charge >= 0.3 is 11.9 Å². The lowest BCUT2D eigenvalue weighted by Crippen LogP contribution is -2.22. The number of rotatable bonds is 14. The molecule has 0 fully saturated rings. The molecule has 2 atom stereocenters. The highest BCUT2D eigenvalue weighted by Crippen LogP contribution is 2.25. The van der Waals surface area contributed by atoms with E-state index in [1.165, 1.54) is 31.7 Å². The van der Waals surface area contributed by atoms with Gasteiger partial charge in [0.05, 0.1) is 17.6 Å². The van der Waals surface area contributed by atoms with E-state index in [0.717, 1.165) is 23.1 Å². The molecule has 35 heavy (non-hydrogen) atoms. The van der Waals surface area contributed by atoms with Gasteiger partial charge in [-0.25, -0.2) is 9.59 Å². The van der Waals surface area contributed by atoms with Gasteiger partial charge in [-0.3, -0.25) is 0 Å². The molecule has 1 N–H and O–H groups in total. The van der Waals surface area contributed by atoms with E-state index in [1.54, 1.807) is 0 Å². The van der Waals surface area contributed by atoms with Crippen LogP contribution < -0.4 is 0 Å². The van der Waals surface area contributed by atoms with Crippen molar-refractivity contribution in [2.45, 2.75) is 64.9 Å². The van der Waals surface area contributed by atoms with Crippen LogP contribution in [0.4, 0.5) is 0 Å². The molecule has 0 bridgehead atoms. The number of ether oxygens (including phenoxy) is 2.